The van der Waals surface area contributed by atoms with Gasteiger partial charge < -0.3 is 20.7 Å². The number of carbonyl (C=O) groups is 2. The number of aromatic nitrogens is 5. The Balaban J connectivity index is 1.75. The van der Waals surface area contributed by atoms with Gasteiger partial charge in [0.25, 0.3) is 5.91 Å². The standard InChI is InChI=1S/C21H23FN8O3/c1-4-30-24-10-15(29-30)17-12(22)7-8-13(19(17)33-3)25-14-9-16(26-20(31)11-5-6-11)27-28-18(14)21(32)23-2/h7-11H,4-6H2,1-3H3,(H,23,32)(H2,25,26,27,31)/i2D3. The summed E-state index contributed by atoms with van der Waals surface area (Å²) in [5.74, 6) is -1.90. The monoisotopic (exact) mass is 457 g/mol. The van der Waals surface area contributed by atoms with E-state index in [2.05, 4.69) is 31.0 Å². The number of nitrogens with one attached hydrogen (secondary N) is 3. The largest absolute Gasteiger partial charge is 0.494 e. The predicted molar refractivity (Wildman–Crippen MR) is 118 cm³/mol. The third kappa shape index (κ3) is 4.59. The van der Waals surface area contributed by atoms with Crippen LogP contribution in [0.1, 0.15) is 34.4 Å². The quantitative estimate of drug-likeness (QED) is 0.469. The van der Waals surface area contributed by atoms with Gasteiger partial charge in [-0.1, -0.05) is 0 Å². The van der Waals surface area contributed by atoms with Crippen molar-refractivity contribution in [3.05, 3.63) is 35.9 Å². The number of amides is 2. The van der Waals surface area contributed by atoms with Gasteiger partial charge in [0.1, 0.15) is 11.5 Å². The summed E-state index contributed by atoms with van der Waals surface area (Å²) in [4.78, 5) is 26.2. The Morgan fingerprint density at radius 1 is 1.30 bits per heavy atom. The first-order chi connectivity index (χ1) is 17.1. The minimum atomic E-state index is -2.78. The molecule has 0 unspecified atom stereocenters. The van der Waals surface area contributed by atoms with Crippen LogP contribution in [0.3, 0.4) is 0 Å². The van der Waals surface area contributed by atoms with Crippen molar-refractivity contribution in [2.45, 2.75) is 26.3 Å². The van der Waals surface area contributed by atoms with Crippen molar-refractivity contribution in [1.82, 2.24) is 30.5 Å². The van der Waals surface area contributed by atoms with E-state index < -0.39 is 18.7 Å². The van der Waals surface area contributed by atoms with Crippen LogP contribution < -0.4 is 20.7 Å². The van der Waals surface area contributed by atoms with E-state index in [1.54, 1.807) is 0 Å². The minimum Gasteiger partial charge on any atom is -0.494 e. The highest BCUT2D eigenvalue weighted by Gasteiger charge is 2.30. The lowest BCUT2D eigenvalue weighted by molar-refractivity contribution is -0.117. The second-order valence-corrected chi connectivity index (χ2v) is 7.26. The number of hydrogen-bond acceptors (Lipinski definition) is 8. The van der Waals surface area contributed by atoms with Crippen LogP contribution in [-0.4, -0.2) is 51.1 Å². The number of hydrogen-bond donors (Lipinski definition) is 3. The number of aryl methyl sites for hydroxylation is 1. The summed E-state index contributed by atoms with van der Waals surface area (Å²) < 4.78 is 42.3. The molecule has 1 aliphatic carbocycles. The number of benzene rings is 1. The number of halogens is 1. The molecule has 1 aliphatic rings. The maximum atomic E-state index is 14.9. The van der Waals surface area contributed by atoms with Gasteiger partial charge in [0.2, 0.25) is 5.91 Å². The van der Waals surface area contributed by atoms with Crippen molar-refractivity contribution in [3.63, 3.8) is 0 Å². The zero-order chi connectivity index (χ0) is 26.0. The van der Waals surface area contributed by atoms with Crippen molar-refractivity contribution < 1.29 is 22.8 Å². The van der Waals surface area contributed by atoms with Crippen LogP contribution in [-0.2, 0) is 11.3 Å². The van der Waals surface area contributed by atoms with Crippen molar-refractivity contribution in [2.24, 2.45) is 5.92 Å². The summed E-state index contributed by atoms with van der Waals surface area (Å²) in [7, 11) is 1.34. The maximum absolute atomic E-state index is 14.9. The molecule has 2 aromatic heterocycles. The summed E-state index contributed by atoms with van der Waals surface area (Å²) in [6.45, 7) is -0.472. The fraction of sp³-hybridized carbons (Fsp3) is 0.333. The molecule has 33 heavy (non-hydrogen) atoms. The zero-order valence-electron chi connectivity index (χ0n) is 20.8. The van der Waals surface area contributed by atoms with Crippen molar-refractivity contribution in [3.8, 4) is 17.0 Å². The number of methoxy groups -OCH3 is 1. The molecule has 2 heterocycles. The molecule has 12 heteroatoms. The highest BCUT2D eigenvalue weighted by atomic mass is 19.1. The Hall–Kier alpha value is -4.09. The second kappa shape index (κ2) is 9.18. The van der Waals surface area contributed by atoms with E-state index in [0.29, 0.717) is 6.54 Å². The van der Waals surface area contributed by atoms with E-state index in [1.165, 1.54) is 36.3 Å². The summed E-state index contributed by atoms with van der Waals surface area (Å²) >= 11 is 0. The molecule has 0 atom stereocenters. The van der Waals surface area contributed by atoms with E-state index >= 15 is 0 Å². The van der Waals surface area contributed by atoms with Crippen LogP contribution in [0.4, 0.5) is 21.6 Å². The van der Waals surface area contributed by atoms with Gasteiger partial charge >= 0.3 is 0 Å². The SMILES string of the molecule is [2H]C([2H])([2H])NC(=O)c1nnc(NC(=O)C2CC2)cc1Nc1ccc(F)c(-c2cnn(CC)n2)c1OC. The van der Waals surface area contributed by atoms with Crippen LogP contribution in [0.25, 0.3) is 11.3 Å². The van der Waals surface area contributed by atoms with Gasteiger partial charge in [-0.2, -0.15) is 15.0 Å². The smallest absolute Gasteiger partial charge is 0.273 e. The van der Waals surface area contributed by atoms with E-state index in [0.717, 1.165) is 12.8 Å². The number of rotatable bonds is 8. The molecule has 0 saturated heterocycles. The van der Waals surface area contributed by atoms with E-state index in [4.69, 9.17) is 8.85 Å². The van der Waals surface area contributed by atoms with Gasteiger partial charge in [-0.05, 0) is 31.9 Å². The van der Waals surface area contributed by atoms with Gasteiger partial charge in [0.15, 0.2) is 17.3 Å². The molecule has 172 valence electrons. The third-order valence-corrected chi connectivity index (χ3v) is 4.98. The topological polar surface area (TPSA) is 136 Å². The summed E-state index contributed by atoms with van der Waals surface area (Å²) in [5.41, 5.74) is 0.113. The van der Waals surface area contributed by atoms with E-state index in [9.17, 15) is 14.0 Å². The van der Waals surface area contributed by atoms with Crippen molar-refractivity contribution in [2.75, 3.05) is 24.7 Å². The lowest BCUT2D eigenvalue weighted by atomic mass is 10.1. The highest BCUT2D eigenvalue weighted by molar-refractivity contribution is 6.00. The van der Waals surface area contributed by atoms with Gasteiger partial charge in [-0.15, -0.1) is 10.2 Å². The summed E-state index contributed by atoms with van der Waals surface area (Å²) in [5, 5.41) is 23.4. The van der Waals surface area contributed by atoms with E-state index in [-0.39, 0.29) is 51.7 Å². The second-order valence-electron chi connectivity index (χ2n) is 7.26. The van der Waals surface area contributed by atoms with E-state index in [1.807, 2.05) is 12.2 Å². The van der Waals surface area contributed by atoms with Crippen LogP contribution in [0.15, 0.2) is 24.4 Å². The molecule has 4 rings (SSSR count). The highest BCUT2D eigenvalue weighted by Crippen LogP contribution is 2.39. The van der Waals surface area contributed by atoms with Crippen LogP contribution in [0.2, 0.25) is 0 Å². The van der Waals surface area contributed by atoms with Crippen molar-refractivity contribution >= 4 is 29.0 Å². The van der Waals surface area contributed by atoms with Crippen LogP contribution in [0, 0.1) is 11.7 Å². The molecule has 3 aromatic rings. The Kier molecular flexibility index (Phi) is 5.14. The first kappa shape index (κ1) is 18.5. The van der Waals surface area contributed by atoms with Gasteiger partial charge in [-0.25, -0.2) is 4.39 Å². The average molecular weight is 457 g/mol. The molecule has 0 aliphatic heterocycles. The molecule has 0 bridgehead atoms. The Labute approximate surface area is 192 Å². The Morgan fingerprint density at radius 3 is 2.79 bits per heavy atom. The molecule has 1 fully saturated rings. The van der Waals surface area contributed by atoms with Crippen LogP contribution >= 0.6 is 0 Å². The molecule has 2 amide bonds. The van der Waals surface area contributed by atoms with Crippen LogP contribution in [0.5, 0.6) is 5.75 Å². The molecular formula is C21H23FN8O3. The fourth-order valence-electron chi connectivity index (χ4n) is 3.17. The molecular weight excluding hydrogens is 431 g/mol. The first-order valence-electron chi connectivity index (χ1n) is 11.6. The zero-order valence-corrected chi connectivity index (χ0v) is 17.8. The number of carbonyl (C=O) groups excluding carboxylic acids is 2. The number of anilines is 3. The number of nitrogens with zero attached hydrogens (tertiary/aromatic N) is 5. The molecule has 3 N–H and O–H groups in total. The predicted octanol–water partition coefficient (Wildman–Crippen LogP) is 2.35. The lowest BCUT2D eigenvalue weighted by Gasteiger charge is -2.16. The molecule has 1 saturated carbocycles. The minimum absolute atomic E-state index is 0.00548. The summed E-state index contributed by atoms with van der Waals surface area (Å²) in [6.07, 6.45) is 2.92. The van der Waals surface area contributed by atoms with Gasteiger partial charge in [0, 0.05) is 23.1 Å². The first-order valence-corrected chi connectivity index (χ1v) is 10.1. The Morgan fingerprint density at radius 2 is 2.12 bits per heavy atom. The number of ether oxygens (including phenoxy) is 1. The maximum Gasteiger partial charge on any atom is 0.273 e. The summed E-state index contributed by atoms with van der Waals surface area (Å²) in [6, 6.07) is 3.88. The molecule has 0 radical (unpaired) electrons. The van der Waals surface area contributed by atoms with Gasteiger partial charge in [-0.3, -0.25) is 9.59 Å². The molecule has 1 aromatic carbocycles. The molecule has 11 nitrogen and oxygen atoms in total. The normalized spacial score (nSPS) is 14.6. The van der Waals surface area contributed by atoms with Crippen molar-refractivity contribution in [1.29, 1.82) is 0 Å². The third-order valence-electron chi connectivity index (χ3n) is 4.98. The Bertz CT molecular complexity index is 1310. The fourth-order valence-corrected chi connectivity index (χ4v) is 3.17. The lowest BCUT2D eigenvalue weighted by Crippen LogP contribution is -2.22. The van der Waals surface area contributed by atoms with Gasteiger partial charge in [0.05, 0.1) is 36.8 Å². The molecule has 0 spiro atoms. The average Bonchev–Trinajstić information content (AvgIpc) is 3.57.